The van der Waals surface area contributed by atoms with Crippen LogP contribution >= 0.6 is 12.4 Å². The van der Waals surface area contributed by atoms with Crippen molar-refractivity contribution in [2.24, 2.45) is 5.41 Å². The third-order valence-electron chi connectivity index (χ3n) is 2.58. The van der Waals surface area contributed by atoms with E-state index in [-0.39, 0.29) is 12.4 Å². The van der Waals surface area contributed by atoms with Gasteiger partial charge in [-0.2, -0.15) is 0 Å². The lowest BCUT2D eigenvalue weighted by molar-refractivity contribution is 0.195. The highest BCUT2D eigenvalue weighted by Crippen LogP contribution is 2.26. The molecule has 13 heavy (non-hydrogen) atoms. The fourth-order valence-corrected chi connectivity index (χ4v) is 1.77. The largest absolute Gasteiger partial charge is 0.316 e. The minimum Gasteiger partial charge on any atom is -0.316 e. The summed E-state index contributed by atoms with van der Waals surface area (Å²) in [5, 5.41) is 3.32. The van der Waals surface area contributed by atoms with Crippen LogP contribution in [0.5, 0.6) is 0 Å². The van der Waals surface area contributed by atoms with E-state index in [9.17, 15) is 0 Å². The Labute approximate surface area is 86.0 Å². The van der Waals surface area contributed by atoms with Crippen molar-refractivity contribution in [3.05, 3.63) is 35.9 Å². The Kier molecular flexibility index (Phi) is 3.34. The van der Waals surface area contributed by atoms with Gasteiger partial charge >= 0.3 is 0 Å². The van der Waals surface area contributed by atoms with E-state index in [1.54, 1.807) is 0 Å². The van der Waals surface area contributed by atoms with Crippen molar-refractivity contribution >= 4 is 12.4 Å². The first kappa shape index (κ1) is 10.6. The topological polar surface area (TPSA) is 12.0 Å². The SMILES string of the molecule is CC1(Cc2ccccc2)CNC1.Cl. The van der Waals surface area contributed by atoms with Gasteiger partial charge in [-0.25, -0.2) is 0 Å². The van der Waals surface area contributed by atoms with Crippen molar-refractivity contribution in [2.45, 2.75) is 13.3 Å². The van der Waals surface area contributed by atoms with Crippen LogP contribution in [0.3, 0.4) is 0 Å². The van der Waals surface area contributed by atoms with Crippen molar-refractivity contribution in [1.29, 1.82) is 0 Å². The number of hydrogen-bond acceptors (Lipinski definition) is 1. The normalized spacial score (nSPS) is 18.5. The van der Waals surface area contributed by atoms with Gasteiger partial charge in [-0.1, -0.05) is 37.3 Å². The van der Waals surface area contributed by atoms with Crippen LogP contribution in [0.25, 0.3) is 0 Å². The molecule has 0 amide bonds. The molecule has 0 bridgehead atoms. The van der Waals surface area contributed by atoms with Gasteiger partial charge in [0.15, 0.2) is 0 Å². The van der Waals surface area contributed by atoms with Crippen LogP contribution in [0.15, 0.2) is 30.3 Å². The molecule has 1 aromatic carbocycles. The molecule has 1 nitrogen and oxygen atoms in total. The Morgan fingerprint density at radius 1 is 1.23 bits per heavy atom. The molecule has 1 aromatic rings. The fraction of sp³-hybridized carbons (Fsp3) is 0.455. The van der Waals surface area contributed by atoms with Crippen LogP contribution < -0.4 is 5.32 Å². The molecule has 1 saturated heterocycles. The second-order valence-electron chi connectivity index (χ2n) is 4.08. The zero-order valence-electron chi connectivity index (χ0n) is 7.92. The van der Waals surface area contributed by atoms with Crippen molar-refractivity contribution < 1.29 is 0 Å². The van der Waals surface area contributed by atoms with Gasteiger partial charge < -0.3 is 5.32 Å². The summed E-state index contributed by atoms with van der Waals surface area (Å²) in [6.45, 7) is 4.68. The van der Waals surface area contributed by atoms with Crippen LogP contribution in [0.1, 0.15) is 12.5 Å². The van der Waals surface area contributed by atoms with E-state index < -0.39 is 0 Å². The molecule has 0 spiro atoms. The molecule has 1 heterocycles. The minimum absolute atomic E-state index is 0. The molecule has 72 valence electrons. The maximum Gasteiger partial charge on any atom is 0.00208 e. The summed E-state index contributed by atoms with van der Waals surface area (Å²) < 4.78 is 0. The molecule has 1 N–H and O–H groups in total. The Morgan fingerprint density at radius 3 is 2.31 bits per heavy atom. The van der Waals surface area contributed by atoms with Crippen molar-refractivity contribution in [3.63, 3.8) is 0 Å². The highest BCUT2D eigenvalue weighted by molar-refractivity contribution is 5.85. The first-order chi connectivity index (χ1) is 5.79. The summed E-state index contributed by atoms with van der Waals surface area (Å²) in [4.78, 5) is 0. The van der Waals surface area contributed by atoms with Crippen LogP contribution in [0.4, 0.5) is 0 Å². The molecule has 0 radical (unpaired) electrons. The quantitative estimate of drug-likeness (QED) is 0.767. The van der Waals surface area contributed by atoms with E-state index in [1.807, 2.05) is 0 Å². The number of rotatable bonds is 2. The monoisotopic (exact) mass is 197 g/mol. The summed E-state index contributed by atoms with van der Waals surface area (Å²) in [5.41, 5.74) is 1.97. The van der Waals surface area contributed by atoms with Crippen molar-refractivity contribution in [1.82, 2.24) is 5.32 Å². The summed E-state index contributed by atoms with van der Waals surface area (Å²) in [7, 11) is 0. The minimum atomic E-state index is 0. The Balaban J connectivity index is 0.000000845. The fourth-order valence-electron chi connectivity index (χ4n) is 1.77. The highest BCUT2D eigenvalue weighted by Gasteiger charge is 2.31. The standard InChI is InChI=1S/C11H15N.ClH/c1-11(8-12-9-11)7-10-5-3-2-4-6-10;/h2-6,12H,7-9H2,1H3;1H. The number of nitrogens with one attached hydrogen (secondary N) is 1. The summed E-state index contributed by atoms with van der Waals surface area (Å²) in [6, 6.07) is 10.7. The smallest absolute Gasteiger partial charge is 0.00208 e. The maximum absolute atomic E-state index is 3.32. The highest BCUT2D eigenvalue weighted by atomic mass is 35.5. The Bertz CT molecular complexity index is 254. The lowest BCUT2D eigenvalue weighted by atomic mass is 9.78. The number of halogens is 1. The zero-order chi connectivity index (χ0) is 8.44. The summed E-state index contributed by atoms with van der Waals surface area (Å²) in [5.74, 6) is 0. The van der Waals surface area contributed by atoms with Gasteiger partial charge in [0.1, 0.15) is 0 Å². The summed E-state index contributed by atoms with van der Waals surface area (Å²) >= 11 is 0. The number of benzene rings is 1. The van der Waals surface area contributed by atoms with E-state index in [2.05, 4.69) is 42.6 Å². The molecule has 0 aromatic heterocycles. The molecule has 1 aliphatic heterocycles. The molecule has 0 atom stereocenters. The second kappa shape index (κ2) is 4.12. The van der Waals surface area contributed by atoms with E-state index >= 15 is 0 Å². The van der Waals surface area contributed by atoms with Crippen molar-refractivity contribution in [3.8, 4) is 0 Å². The summed E-state index contributed by atoms with van der Waals surface area (Å²) in [6.07, 6.45) is 1.21. The molecule has 1 fully saturated rings. The van der Waals surface area contributed by atoms with E-state index in [4.69, 9.17) is 0 Å². The molecule has 2 heteroatoms. The zero-order valence-corrected chi connectivity index (χ0v) is 8.73. The first-order valence-corrected chi connectivity index (χ1v) is 4.53. The third-order valence-corrected chi connectivity index (χ3v) is 2.58. The van der Waals surface area contributed by atoms with E-state index in [1.165, 1.54) is 25.1 Å². The van der Waals surface area contributed by atoms with Gasteiger partial charge in [0.25, 0.3) is 0 Å². The molecule has 0 unspecified atom stereocenters. The molecular formula is C11H16ClN. The molecular weight excluding hydrogens is 182 g/mol. The molecule has 1 aliphatic rings. The first-order valence-electron chi connectivity index (χ1n) is 4.53. The van der Waals surface area contributed by atoms with Gasteiger partial charge in [-0.15, -0.1) is 12.4 Å². The van der Waals surface area contributed by atoms with E-state index in [0.717, 1.165) is 0 Å². The van der Waals surface area contributed by atoms with Crippen LogP contribution in [-0.2, 0) is 6.42 Å². The van der Waals surface area contributed by atoms with Gasteiger partial charge in [-0.3, -0.25) is 0 Å². The Hall–Kier alpha value is -0.530. The number of hydrogen-bond donors (Lipinski definition) is 1. The van der Waals surface area contributed by atoms with E-state index in [0.29, 0.717) is 5.41 Å². The lowest BCUT2D eigenvalue weighted by Crippen LogP contribution is -2.52. The van der Waals surface area contributed by atoms with Gasteiger partial charge in [0.2, 0.25) is 0 Å². The predicted molar refractivity (Wildman–Crippen MR) is 58.4 cm³/mol. The molecule has 0 saturated carbocycles. The molecule has 0 aliphatic carbocycles. The average Bonchev–Trinajstić information content (AvgIpc) is 2.04. The van der Waals surface area contributed by atoms with Crippen LogP contribution in [0, 0.1) is 5.41 Å². The van der Waals surface area contributed by atoms with Gasteiger partial charge in [-0.05, 0) is 17.4 Å². The van der Waals surface area contributed by atoms with Crippen molar-refractivity contribution in [2.75, 3.05) is 13.1 Å². The average molecular weight is 198 g/mol. The van der Waals surface area contributed by atoms with Crippen LogP contribution in [0.2, 0.25) is 0 Å². The Morgan fingerprint density at radius 2 is 1.85 bits per heavy atom. The second-order valence-corrected chi connectivity index (χ2v) is 4.08. The van der Waals surface area contributed by atoms with Gasteiger partial charge in [0, 0.05) is 13.1 Å². The molecule has 2 rings (SSSR count). The maximum atomic E-state index is 3.32. The lowest BCUT2D eigenvalue weighted by Gasteiger charge is -2.39. The predicted octanol–water partition coefficient (Wildman–Crippen LogP) is 2.26. The van der Waals surface area contributed by atoms with Crippen LogP contribution in [-0.4, -0.2) is 13.1 Å². The van der Waals surface area contributed by atoms with Gasteiger partial charge in [0.05, 0.1) is 0 Å². The third kappa shape index (κ3) is 2.45.